The fourth-order valence-electron chi connectivity index (χ4n) is 4.40. The fraction of sp³-hybridized carbons (Fsp3) is 0.400. The van der Waals surface area contributed by atoms with E-state index in [9.17, 15) is 4.79 Å². The zero-order valence-corrected chi connectivity index (χ0v) is 14.7. The van der Waals surface area contributed by atoms with Crippen molar-refractivity contribution < 1.29 is 0 Å². The van der Waals surface area contributed by atoms with Crippen molar-refractivity contribution in [2.75, 3.05) is 0 Å². The molecule has 3 heterocycles. The molecule has 0 spiro atoms. The summed E-state index contributed by atoms with van der Waals surface area (Å²) in [6, 6.07) is 8.70. The van der Waals surface area contributed by atoms with E-state index in [1.807, 2.05) is 4.57 Å². The average Bonchev–Trinajstić information content (AvgIpc) is 3.17. The van der Waals surface area contributed by atoms with Crippen LogP contribution in [0.5, 0.6) is 0 Å². The summed E-state index contributed by atoms with van der Waals surface area (Å²) in [5.74, 6) is 1.41. The van der Waals surface area contributed by atoms with Crippen LogP contribution in [-0.4, -0.2) is 24.3 Å². The van der Waals surface area contributed by atoms with Gasteiger partial charge in [-0.25, -0.2) is 9.48 Å². The second kappa shape index (κ2) is 5.90. The van der Waals surface area contributed by atoms with Gasteiger partial charge in [0.15, 0.2) is 0 Å². The smallest absolute Gasteiger partial charge is 0.270 e. The van der Waals surface area contributed by atoms with Crippen molar-refractivity contribution in [3.05, 3.63) is 76.0 Å². The van der Waals surface area contributed by atoms with Crippen molar-refractivity contribution in [3.8, 4) is 0 Å². The summed E-state index contributed by atoms with van der Waals surface area (Å²) in [5, 5.41) is 4.66. The van der Waals surface area contributed by atoms with Crippen molar-refractivity contribution in [2.45, 2.75) is 50.6 Å². The minimum absolute atomic E-state index is 0.00128. The summed E-state index contributed by atoms with van der Waals surface area (Å²) < 4.78 is 3.54. The molecule has 3 aromatic rings. The summed E-state index contributed by atoms with van der Waals surface area (Å²) in [4.78, 5) is 21.5. The maximum atomic E-state index is 13.0. The molecular formula is C20H21N5O. The molecule has 2 aromatic heterocycles. The van der Waals surface area contributed by atoms with Crippen LogP contribution in [0.25, 0.3) is 0 Å². The van der Waals surface area contributed by atoms with Gasteiger partial charge < -0.3 is 0 Å². The van der Waals surface area contributed by atoms with Crippen molar-refractivity contribution in [1.82, 2.24) is 24.3 Å². The first-order valence-electron chi connectivity index (χ1n) is 9.23. The van der Waals surface area contributed by atoms with Crippen LogP contribution in [0.2, 0.25) is 0 Å². The van der Waals surface area contributed by atoms with Crippen LogP contribution in [0.15, 0.2) is 47.7 Å². The lowest BCUT2D eigenvalue weighted by molar-refractivity contribution is 0.236. The Morgan fingerprint density at radius 3 is 2.77 bits per heavy atom. The molecule has 6 nitrogen and oxygen atoms in total. The van der Waals surface area contributed by atoms with Gasteiger partial charge in [-0.05, 0) is 43.2 Å². The Kier molecular flexibility index (Phi) is 3.51. The van der Waals surface area contributed by atoms with E-state index < -0.39 is 0 Å². The van der Waals surface area contributed by atoms with Gasteiger partial charge in [-0.2, -0.15) is 5.10 Å². The zero-order valence-electron chi connectivity index (χ0n) is 14.7. The Morgan fingerprint density at radius 1 is 1.15 bits per heavy atom. The highest BCUT2D eigenvalue weighted by molar-refractivity contribution is 5.31. The van der Waals surface area contributed by atoms with E-state index in [0.29, 0.717) is 5.92 Å². The number of aryl methyl sites for hydroxylation is 2. The van der Waals surface area contributed by atoms with E-state index in [4.69, 9.17) is 0 Å². The molecule has 1 unspecified atom stereocenters. The van der Waals surface area contributed by atoms with Gasteiger partial charge >= 0.3 is 5.69 Å². The van der Waals surface area contributed by atoms with Gasteiger partial charge in [0.25, 0.3) is 0 Å². The number of rotatable bonds is 3. The van der Waals surface area contributed by atoms with Crippen molar-refractivity contribution in [3.63, 3.8) is 0 Å². The molecule has 1 atom stereocenters. The molecule has 132 valence electrons. The molecule has 0 amide bonds. The first-order chi connectivity index (χ1) is 12.7. The summed E-state index contributed by atoms with van der Waals surface area (Å²) >= 11 is 0. The van der Waals surface area contributed by atoms with Crippen LogP contribution in [0.4, 0.5) is 0 Å². The number of nitrogens with zero attached hydrogens (tertiary/aromatic N) is 5. The average molecular weight is 347 g/mol. The Hall–Kier alpha value is -2.76. The third kappa shape index (κ3) is 2.32. The van der Waals surface area contributed by atoms with Gasteiger partial charge in [0.2, 0.25) is 0 Å². The van der Waals surface area contributed by atoms with Crippen LogP contribution >= 0.6 is 0 Å². The molecule has 1 aromatic carbocycles. The molecule has 0 radical (unpaired) electrons. The van der Waals surface area contributed by atoms with Gasteiger partial charge in [0, 0.05) is 18.8 Å². The summed E-state index contributed by atoms with van der Waals surface area (Å²) in [7, 11) is 0. The maximum absolute atomic E-state index is 13.0. The summed E-state index contributed by atoms with van der Waals surface area (Å²) in [5.41, 5.74) is 3.58. The Morgan fingerprint density at radius 2 is 2.00 bits per heavy atom. The SMILES string of the molecule is Cc1ccccc1C1CC(n2nc3n(c2=O)C(c2cnccn2)CC3)C1. The van der Waals surface area contributed by atoms with Gasteiger partial charge in [0.05, 0.1) is 24.0 Å². The maximum Gasteiger partial charge on any atom is 0.346 e. The molecule has 1 aliphatic carbocycles. The predicted molar refractivity (Wildman–Crippen MR) is 97.2 cm³/mol. The van der Waals surface area contributed by atoms with E-state index in [-0.39, 0.29) is 17.8 Å². The highest BCUT2D eigenvalue weighted by atomic mass is 16.2. The normalized spacial score (nSPS) is 24.3. The first kappa shape index (κ1) is 15.5. The molecule has 1 fully saturated rings. The quantitative estimate of drug-likeness (QED) is 0.731. The molecule has 0 saturated heterocycles. The summed E-state index contributed by atoms with van der Waals surface area (Å²) in [6.45, 7) is 2.16. The van der Waals surface area contributed by atoms with Crippen LogP contribution < -0.4 is 5.69 Å². The Bertz CT molecular complexity index is 1000. The van der Waals surface area contributed by atoms with E-state index in [2.05, 4.69) is 46.3 Å². The molecule has 6 heteroatoms. The molecule has 1 aliphatic heterocycles. The lowest BCUT2D eigenvalue weighted by atomic mass is 9.74. The van der Waals surface area contributed by atoms with E-state index in [1.165, 1.54) is 11.1 Å². The minimum Gasteiger partial charge on any atom is -0.270 e. The largest absolute Gasteiger partial charge is 0.346 e. The topological polar surface area (TPSA) is 65.6 Å². The Balaban J connectivity index is 1.40. The first-order valence-corrected chi connectivity index (χ1v) is 9.23. The number of hydrogen-bond acceptors (Lipinski definition) is 4. The van der Waals surface area contributed by atoms with E-state index in [0.717, 1.165) is 37.2 Å². The molecule has 1 saturated carbocycles. The number of benzene rings is 1. The lowest BCUT2D eigenvalue weighted by Crippen LogP contribution is -2.35. The van der Waals surface area contributed by atoms with E-state index in [1.54, 1.807) is 23.3 Å². The van der Waals surface area contributed by atoms with Gasteiger partial charge in [0.1, 0.15) is 5.82 Å². The van der Waals surface area contributed by atoms with E-state index >= 15 is 0 Å². The summed E-state index contributed by atoms with van der Waals surface area (Å²) in [6.07, 6.45) is 8.74. The second-order valence-corrected chi connectivity index (χ2v) is 7.38. The van der Waals surface area contributed by atoms with Crippen molar-refractivity contribution in [2.24, 2.45) is 0 Å². The third-order valence-corrected chi connectivity index (χ3v) is 5.87. The van der Waals surface area contributed by atoms with Crippen LogP contribution in [0.1, 0.15) is 59.9 Å². The zero-order chi connectivity index (χ0) is 17.7. The molecule has 0 N–H and O–H groups in total. The van der Waals surface area contributed by atoms with Crippen LogP contribution in [-0.2, 0) is 6.42 Å². The van der Waals surface area contributed by atoms with Gasteiger partial charge in [-0.15, -0.1) is 0 Å². The van der Waals surface area contributed by atoms with Crippen molar-refractivity contribution >= 4 is 0 Å². The fourth-order valence-corrected chi connectivity index (χ4v) is 4.40. The minimum atomic E-state index is -0.0350. The number of fused-ring (bicyclic) bond motifs is 1. The monoisotopic (exact) mass is 347 g/mol. The Labute approximate surface area is 151 Å². The molecule has 5 rings (SSSR count). The molecule has 0 bridgehead atoms. The third-order valence-electron chi connectivity index (χ3n) is 5.87. The highest BCUT2D eigenvalue weighted by Crippen LogP contribution is 2.45. The van der Waals surface area contributed by atoms with Gasteiger partial charge in [-0.1, -0.05) is 24.3 Å². The number of aromatic nitrogens is 5. The standard InChI is InChI=1S/C20H21N5O/c1-13-4-2-3-5-16(13)14-10-15(11-14)25-20(26)24-18(6-7-19(24)23-25)17-12-21-8-9-22-17/h2-5,8-9,12,14-15,18H,6-7,10-11H2,1H3. The number of hydrogen-bond donors (Lipinski definition) is 0. The molecule has 2 aliphatic rings. The molecule has 26 heavy (non-hydrogen) atoms. The molecular weight excluding hydrogens is 326 g/mol. The van der Waals surface area contributed by atoms with Gasteiger partial charge in [-0.3, -0.25) is 14.5 Å². The predicted octanol–water partition coefficient (Wildman–Crippen LogP) is 2.80. The lowest BCUT2D eigenvalue weighted by Gasteiger charge is -2.36. The van der Waals surface area contributed by atoms with Crippen molar-refractivity contribution in [1.29, 1.82) is 0 Å². The highest BCUT2D eigenvalue weighted by Gasteiger charge is 2.37. The van der Waals surface area contributed by atoms with Crippen LogP contribution in [0, 0.1) is 6.92 Å². The second-order valence-electron chi connectivity index (χ2n) is 7.38. The van der Waals surface area contributed by atoms with Crippen LogP contribution in [0.3, 0.4) is 0 Å².